The first-order chi connectivity index (χ1) is 13.8. The van der Waals surface area contributed by atoms with Gasteiger partial charge in [0.1, 0.15) is 23.7 Å². The molecule has 6 nitrogen and oxygen atoms in total. The molecule has 1 aromatic carbocycles. The summed E-state index contributed by atoms with van der Waals surface area (Å²) in [6.07, 6.45) is 0.163. The minimum atomic E-state index is -4.53. The van der Waals surface area contributed by atoms with Crippen LogP contribution in [0, 0.1) is 0 Å². The molecule has 0 unspecified atom stereocenters. The summed E-state index contributed by atoms with van der Waals surface area (Å²) in [5, 5.41) is 9.98. The number of benzene rings is 1. The number of hydrogen-bond donors (Lipinski definition) is 1. The number of rotatable bonds is 5. The van der Waals surface area contributed by atoms with Crippen molar-refractivity contribution in [3.8, 4) is 10.8 Å². The SMILES string of the molecule is O=C(O)c1sc(-n2cnc3ccncc32)cc1OCc1ccccc1C(F)(F)F. The number of imidazole rings is 1. The molecule has 0 atom stereocenters. The molecule has 148 valence electrons. The van der Waals surface area contributed by atoms with E-state index in [0.29, 0.717) is 16.0 Å². The van der Waals surface area contributed by atoms with Crippen molar-refractivity contribution >= 4 is 28.3 Å². The minimum absolute atomic E-state index is 0.0137. The Bertz CT molecular complexity index is 1200. The topological polar surface area (TPSA) is 77.2 Å². The maximum absolute atomic E-state index is 13.2. The van der Waals surface area contributed by atoms with Gasteiger partial charge in [0.25, 0.3) is 0 Å². The van der Waals surface area contributed by atoms with Crippen LogP contribution in [0.25, 0.3) is 16.0 Å². The van der Waals surface area contributed by atoms with Crippen LogP contribution in [0.15, 0.2) is 55.1 Å². The summed E-state index contributed by atoms with van der Waals surface area (Å²) in [5.74, 6) is -1.25. The second kappa shape index (κ2) is 7.21. The van der Waals surface area contributed by atoms with Crippen LogP contribution in [0.5, 0.6) is 5.75 Å². The fourth-order valence-electron chi connectivity index (χ4n) is 2.85. The molecule has 3 aromatic heterocycles. The van der Waals surface area contributed by atoms with E-state index >= 15 is 0 Å². The van der Waals surface area contributed by atoms with Crippen molar-refractivity contribution in [2.75, 3.05) is 0 Å². The zero-order chi connectivity index (χ0) is 20.6. The number of aromatic nitrogens is 3. The van der Waals surface area contributed by atoms with Gasteiger partial charge in [0, 0.05) is 17.8 Å². The number of thiophene rings is 1. The number of alkyl halides is 3. The number of hydrogen-bond acceptors (Lipinski definition) is 5. The third-order valence-corrected chi connectivity index (χ3v) is 5.28. The average molecular weight is 419 g/mol. The predicted molar refractivity (Wildman–Crippen MR) is 99.5 cm³/mol. The number of carboxylic acid groups (broad SMARTS) is 1. The summed E-state index contributed by atoms with van der Waals surface area (Å²) in [6.45, 7) is -0.418. The van der Waals surface area contributed by atoms with Gasteiger partial charge in [-0.2, -0.15) is 13.2 Å². The number of carboxylic acids is 1. The average Bonchev–Trinajstić information content (AvgIpc) is 3.30. The third-order valence-electron chi connectivity index (χ3n) is 4.17. The number of fused-ring (bicyclic) bond motifs is 1. The van der Waals surface area contributed by atoms with Gasteiger partial charge in [-0.1, -0.05) is 18.2 Å². The molecule has 4 rings (SSSR count). The van der Waals surface area contributed by atoms with E-state index in [2.05, 4.69) is 9.97 Å². The Morgan fingerprint density at radius 2 is 2.03 bits per heavy atom. The van der Waals surface area contributed by atoms with Crippen molar-refractivity contribution < 1.29 is 27.8 Å². The standard InChI is InChI=1S/C19H12F3N3O3S/c20-19(21,22)12-4-2-1-3-11(12)9-28-15-7-16(29-17(15)18(26)27)25-10-24-13-5-6-23-8-14(13)25/h1-8,10H,9H2,(H,26,27). The maximum Gasteiger partial charge on any atom is 0.416 e. The quantitative estimate of drug-likeness (QED) is 0.504. The highest BCUT2D eigenvalue weighted by Crippen LogP contribution is 2.36. The number of aromatic carboxylic acids is 1. The van der Waals surface area contributed by atoms with Gasteiger partial charge in [0.05, 0.1) is 22.8 Å². The van der Waals surface area contributed by atoms with Crippen molar-refractivity contribution in [3.63, 3.8) is 0 Å². The van der Waals surface area contributed by atoms with Crippen LogP contribution < -0.4 is 4.74 Å². The van der Waals surface area contributed by atoms with E-state index in [1.54, 1.807) is 23.0 Å². The van der Waals surface area contributed by atoms with Crippen molar-refractivity contribution in [1.29, 1.82) is 0 Å². The lowest BCUT2D eigenvalue weighted by atomic mass is 10.1. The number of carbonyl (C=O) groups is 1. The molecule has 0 fully saturated rings. The Kier molecular flexibility index (Phi) is 4.71. The molecule has 1 N–H and O–H groups in total. The molecule has 0 spiro atoms. The van der Waals surface area contributed by atoms with Gasteiger partial charge >= 0.3 is 12.1 Å². The fourth-order valence-corrected chi connectivity index (χ4v) is 3.77. The highest BCUT2D eigenvalue weighted by molar-refractivity contribution is 7.16. The Balaban J connectivity index is 1.68. The van der Waals surface area contributed by atoms with E-state index in [9.17, 15) is 23.1 Å². The second-order valence-corrected chi connectivity index (χ2v) is 7.04. The van der Waals surface area contributed by atoms with Crippen LogP contribution in [0.4, 0.5) is 13.2 Å². The molecule has 3 heterocycles. The van der Waals surface area contributed by atoms with E-state index < -0.39 is 24.3 Å². The first-order valence-corrected chi connectivity index (χ1v) is 9.08. The summed E-state index contributed by atoms with van der Waals surface area (Å²) in [6, 6.07) is 8.19. The molecular weight excluding hydrogens is 407 g/mol. The molecule has 0 bridgehead atoms. The largest absolute Gasteiger partial charge is 0.487 e. The predicted octanol–water partition coefficient (Wildman–Crippen LogP) is 4.78. The molecule has 10 heteroatoms. The fraction of sp³-hybridized carbons (Fsp3) is 0.105. The molecule has 0 aliphatic rings. The molecule has 29 heavy (non-hydrogen) atoms. The van der Waals surface area contributed by atoms with Gasteiger partial charge in [-0.05, 0) is 12.1 Å². The van der Waals surface area contributed by atoms with Crippen molar-refractivity contribution in [2.45, 2.75) is 12.8 Å². The highest BCUT2D eigenvalue weighted by Gasteiger charge is 2.33. The van der Waals surface area contributed by atoms with Crippen LogP contribution in [-0.2, 0) is 12.8 Å². The Labute approximate surface area is 165 Å². The van der Waals surface area contributed by atoms with E-state index in [1.165, 1.54) is 30.6 Å². The molecule has 0 radical (unpaired) electrons. The number of pyridine rings is 1. The van der Waals surface area contributed by atoms with E-state index in [-0.39, 0.29) is 16.2 Å². The number of ether oxygens (including phenoxy) is 1. The summed E-state index contributed by atoms with van der Waals surface area (Å²) in [5.41, 5.74) is 0.437. The van der Waals surface area contributed by atoms with Gasteiger partial charge < -0.3 is 9.84 Å². The minimum Gasteiger partial charge on any atom is -0.487 e. The van der Waals surface area contributed by atoms with Crippen molar-refractivity contribution in [1.82, 2.24) is 14.5 Å². The summed E-state index contributed by atoms with van der Waals surface area (Å²) in [7, 11) is 0. The summed E-state index contributed by atoms with van der Waals surface area (Å²) in [4.78, 5) is 19.8. The first kappa shape index (κ1) is 18.9. The van der Waals surface area contributed by atoms with Gasteiger partial charge in [-0.25, -0.2) is 9.78 Å². The third kappa shape index (κ3) is 3.66. The highest BCUT2D eigenvalue weighted by atomic mass is 32.1. The normalized spacial score (nSPS) is 11.7. The maximum atomic E-state index is 13.2. The second-order valence-electron chi connectivity index (χ2n) is 6.01. The monoisotopic (exact) mass is 419 g/mol. The van der Waals surface area contributed by atoms with Crippen molar-refractivity contribution in [2.24, 2.45) is 0 Å². The molecule has 0 saturated carbocycles. The van der Waals surface area contributed by atoms with E-state index in [0.717, 1.165) is 17.4 Å². The first-order valence-electron chi connectivity index (χ1n) is 8.27. The Morgan fingerprint density at radius 1 is 1.24 bits per heavy atom. The molecule has 0 amide bonds. The number of nitrogens with zero attached hydrogens (tertiary/aromatic N) is 3. The molecule has 4 aromatic rings. The van der Waals surface area contributed by atoms with Gasteiger partial charge in [-0.3, -0.25) is 9.55 Å². The van der Waals surface area contributed by atoms with Gasteiger partial charge in [0.2, 0.25) is 0 Å². The molecule has 0 saturated heterocycles. The van der Waals surface area contributed by atoms with Crippen LogP contribution in [0.2, 0.25) is 0 Å². The Hall–Kier alpha value is -3.40. The summed E-state index contributed by atoms with van der Waals surface area (Å²) >= 11 is 0.933. The smallest absolute Gasteiger partial charge is 0.416 e. The molecular formula is C19H12F3N3O3S. The van der Waals surface area contributed by atoms with E-state index in [1.807, 2.05) is 0 Å². The molecule has 0 aliphatic heterocycles. The molecule has 0 aliphatic carbocycles. The lowest BCUT2D eigenvalue weighted by Gasteiger charge is -2.13. The van der Waals surface area contributed by atoms with Crippen LogP contribution in [0.1, 0.15) is 20.8 Å². The Morgan fingerprint density at radius 3 is 2.79 bits per heavy atom. The van der Waals surface area contributed by atoms with Crippen LogP contribution >= 0.6 is 11.3 Å². The lowest BCUT2D eigenvalue weighted by molar-refractivity contribution is -0.138. The lowest BCUT2D eigenvalue weighted by Crippen LogP contribution is -2.11. The van der Waals surface area contributed by atoms with Crippen LogP contribution in [0.3, 0.4) is 0 Å². The van der Waals surface area contributed by atoms with Gasteiger partial charge in [0.15, 0.2) is 4.88 Å². The summed E-state index contributed by atoms with van der Waals surface area (Å²) < 4.78 is 46.6. The van der Waals surface area contributed by atoms with Crippen molar-refractivity contribution in [3.05, 3.63) is 71.1 Å². The number of halogens is 3. The van der Waals surface area contributed by atoms with Gasteiger partial charge in [-0.15, -0.1) is 11.3 Å². The zero-order valence-corrected chi connectivity index (χ0v) is 15.4. The van der Waals surface area contributed by atoms with E-state index in [4.69, 9.17) is 4.74 Å². The van der Waals surface area contributed by atoms with Crippen LogP contribution in [-0.4, -0.2) is 25.6 Å². The zero-order valence-electron chi connectivity index (χ0n) is 14.6.